The van der Waals surface area contributed by atoms with Gasteiger partial charge in [0.05, 0.1) is 11.4 Å². The molecule has 0 aliphatic carbocycles. The van der Waals surface area contributed by atoms with Gasteiger partial charge in [0.25, 0.3) is 10.0 Å². The molecule has 0 saturated carbocycles. The van der Waals surface area contributed by atoms with Crippen LogP contribution in [0.5, 0.6) is 0 Å². The highest BCUT2D eigenvalue weighted by Crippen LogP contribution is 2.25. The molecule has 0 amide bonds. The number of hydrogen-bond donors (Lipinski definition) is 2. The van der Waals surface area contributed by atoms with Crippen molar-refractivity contribution in [2.75, 3.05) is 4.72 Å². The molecule has 2 rings (SSSR count). The monoisotopic (exact) mass is 385 g/mol. The molecule has 0 aliphatic heterocycles. The molecule has 5 nitrogen and oxygen atoms in total. The molecule has 0 spiro atoms. The topological polar surface area (TPSA) is 85.1 Å². The highest BCUT2D eigenvalue weighted by Gasteiger charge is 2.16. The van der Waals surface area contributed by atoms with Crippen LogP contribution in [0.15, 0.2) is 45.9 Å². The maximum absolute atomic E-state index is 12.3. The molecule has 0 saturated heterocycles. The maximum atomic E-state index is 12.3. The maximum Gasteiger partial charge on any atom is 0.263 e. The largest absolute Gasteiger partial charge is 0.388 e. The van der Waals surface area contributed by atoms with Crippen LogP contribution in [-0.4, -0.2) is 18.4 Å². The van der Waals surface area contributed by atoms with Crippen LogP contribution in [0.3, 0.4) is 0 Å². The lowest BCUT2D eigenvalue weighted by atomic mass is 10.2. The SMILES string of the molecule is Cc1c(Br)cccc1NS(=O)(=O)c1ccc(C(N)=S)nc1. The molecule has 2 aromatic rings. The number of halogens is 1. The fraction of sp³-hybridized carbons (Fsp3) is 0.0769. The fourth-order valence-corrected chi connectivity index (χ4v) is 3.16. The first-order chi connectivity index (χ1) is 9.81. The summed E-state index contributed by atoms with van der Waals surface area (Å²) in [5.74, 6) is 0. The van der Waals surface area contributed by atoms with E-state index in [1.165, 1.54) is 18.3 Å². The molecule has 21 heavy (non-hydrogen) atoms. The van der Waals surface area contributed by atoms with Crippen molar-refractivity contribution in [2.45, 2.75) is 11.8 Å². The van der Waals surface area contributed by atoms with Gasteiger partial charge < -0.3 is 5.73 Å². The lowest BCUT2D eigenvalue weighted by Gasteiger charge is -2.11. The molecule has 0 fully saturated rings. The van der Waals surface area contributed by atoms with Crippen LogP contribution < -0.4 is 10.5 Å². The van der Waals surface area contributed by atoms with Crippen molar-refractivity contribution in [3.8, 4) is 0 Å². The van der Waals surface area contributed by atoms with Crippen molar-refractivity contribution in [1.82, 2.24) is 4.98 Å². The molecule has 0 aliphatic rings. The smallest absolute Gasteiger partial charge is 0.263 e. The van der Waals surface area contributed by atoms with Gasteiger partial charge in [-0.25, -0.2) is 8.42 Å². The molecule has 8 heteroatoms. The quantitative estimate of drug-likeness (QED) is 0.789. The summed E-state index contributed by atoms with van der Waals surface area (Å²) in [5.41, 5.74) is 7.11. The number of anilines is 1. The zero-order valence-corrected chi connectivity index (χ0v) is 14.2. The second kappa shape index (κ2) is 6.08. The second-order valence-corrected chi connectivity index (χ2v) is 7.24. The summed E-state index contributed by atoms with van der Waals surface area (Å²) in [4.78, 5) is 4.09. The van der Waals surface area contributed by atoms with E-state index in [0.29, 0.717) is 11.4 Å². The Kier molecular flexibility index (Phi) is 4.60. The van der Waals surface area contributed by atoms with E-state index in [0.717, 1.165) is 10.0 Å². The van der Waals surface area contributed by atoms with Gasteiger partial charge in [-0.05, 0) is 36.8 Å². The number of rotatable bonds is 4. The number of hydrogen-bond acceptors (Lipinski definition) is 4. The van der Waals surface area contributed by atoms with E-state index in [1.807, 2.05) is 13.0 Å². The first-order valence-corrected chi connectivity index (χ1v) is 8.53. The summed E-state index contributed by atoms with van der Waals surface area (Å²) < 4.78 is 28.0. The molecule has 0 radical (unpaired) electrons. The Morgan fingerprint density at radius 2 is 2.05 bits per heavy atom. The van der Waals surface area contributed by atoms with Gasteiger partial charge >= 0.3 is 0 Å². The minimum absolute atomic E-state index is 0.0434. The van der Waals surface area contributed by atoms with Crippen molar-refractivity contribution in [3.05, 3.63) is 52.3 Å². The van der Waals surface area contributed by atoms with E-state index < -0.39 is 10.0 Å². The van der Waals surface area contributed by atoms with Gasteiger partial charge in [0.1, 0.15) is 9.88 Å². The van der Waals surface area contributed by atoms with E-state index in [4.69, 9.17) is 18.0 Å². The predicted molar refractivity (Wildman–Crippen MR) is 89.8 cm³/mol. The number of nitrogens with one attached hydrogen (secondary N) is 1. The van der Waals surface area contributed by atoms with Gasteiger partial charge in [0.15, 0.2) is 0 Å². The van der Waals surface area contributed by atoms with Crippen LogP contribution in [-0.2, 0) is 10.0 Å². The van der Waals surface area contributed by atoms with Gasteiger partial charge in [-0.2, -0.15) is 0 Å². The van der Waals surface area contributed by atoms with Crippen LogP contribution in [0.4, 0.5) is 5.69 Å². The molecule has 0 unspecified atom stereocenters. The molecule has 110 valence electrons. The number of sulfonamides is 1. The molecule has 0 bridgehead atoms. The zero-order chi connectivity index (χ0) is 15.6. The third-order valence-electron chi connectivity index (χ3n) is 2.81. The first kappa shape index (κ1) is 15.9. The van der Waals surface area contributed by atoms with E-state index in [-0.39, 0.29) is 9.88 Å². The number of thiocarbonyl (C=S) groups is 1. The molecular weight excluding hydrogens is 374 g/mol. The molecular formula is C13H12BrN3O2S2. The third-order valence-corrected chi connectivity index (χ3v) is 5.23. The van der Waals surface area contributed by atoms with E-state index in [9.17, 15) is 8.42 Å². The summed E-state index contributed by atoms with van der Waals surface area (Å²) in [6.07, 6.45) is 1.23. The number of benzene rings is 1. The Labute approximate surface area is 136 Å². The Hall–Kier alpha value is -1.51. The van der Waals surface area contributed by atoms with Crippen molar-refractivity contribution in [3.63, 3.8) is 0 Å². The lowest BCUT2D eigenvalue weighted by Crippen LogP contribution is -2.16. The molecule has 1 heterocycles. The minimum Gasteiger partial charge on any atom is -0.388 e. The van der Waals surface area contributed by atoms with Crippen molar-refractivity contribution < 1.29 is 8.42 Å². The van der Waals surface area contributed by atoms with Gasteiger partial charge in [0, 0.05) is 10.7 Å². The number of nitrogens with two attached hydrogens (primary N) is 1. The standard InChI is InChI=1S/C13H12BrN3O2S2/c1-8-10(14)3-2-4-11(8)17-21(18,19)9-5-6-12(13(15)20)16-7-9/h2-7,17H,1H3,(H2,15,20). The highest BCUT2D eigenvalue weighted by molar-refractivity contribution is 9.10. The summed E-state index contributed by atoms with van der Waals surface area (Å²) in [7, 11) is -3.71. The van der Waals surface area contributed by atoms with Gasteiger partial charge in [-0.1, -0.05) is 34.2 Å². The molecule has 1 aromatic heterocycles. The Bertz CT molecular complexity index is 790. The van der Waals surface area contributed by atoms with Crippen LogP contribution in [0.2, 0.25) is 0 Å². The van der Waals surface area contributed by atoms with Gasteiger partial charge in [-0.15, -0.1) is 0 Å². The predicted octanol–water partition coefficient (Wildman–Crippen LogP) is 2.59. The molecule has 3 N–H and O–H groups in total. The third kappa shape index (κ3) is 3.58. The van der Waals surface area contributed by atoms with Crippen molar-refractivity contribution in [2.24, 2.45) is 5.73 Å². The first-order valence-electron chi connectivity index (χ1n) is 5.85. The van der Waals surface area contributed by atoms with Crippen LogP contribution in [0.25, 0.3) is 0 Å². The lowest BCUT2D eigenvalue weighted by molar-refractivity contribution is 0.600. The number of pyridine rings is 1. The van der Waals surface area contributed by atoms with Crippen molar-refractivity contribution in [1.29, 1.82) is 0 Å². The average molecular weight is 386 g/mol. The van der Waals surface area contributed by atoms with Gasteiger partial charge in [0.2, 0.25) is 0 Å². The van der Waals surface area contributed by atoms with Crippen LogP contribution in [0.1, 0.15) is 11.3 Å². The summed E-state index contributed by atoms with van der Waals surface area (Å²) in [6, 6.07) is 8.17. The fourth-order valence-electron chi connectivity index (χ4n) is 1.61. The Morgan fingerprint density at radius 1 is 1.33 bits per heavy atom. The summed E-state index contributed by atoms with van der Waals surface area (Å²) >= 11 is 8.14. The van der Waals surface area contributed by atoms with E-state index in [2.05, 4.69) is 25.6 Å². The van der Waals surface area contributed by atoms with Crippen molar-refractivity contribution >= 4 is 48.8 Å². The Morgan fingerprint density at radius 3 is 2.62 bits per heavy atom. The zero-order valence-electron chi connectivity index (χ0n) is 11.0. The molecule has 0 atom stereocenters. The molecule has 1 aromatic carbocycles. The number of aromatic nitrogens is 1. The highest BCUT2D eigenvalue weighted by atomic mass is 79.9. The van der Waals surface area contributed by atoms with Gasteiger partial charge in [-0.3, -0.25) is 9.71 Å². The Balaban J connectivity index is 2.34. The number of nitrogens with zero attached hydrogens (tertiary/aromatic N) is 1. The summed E-state index contributed by atoms with van der Waals surface area (Å²) in [6.45, 7) is 1.82. The van der Waals surface area contributed by atoms with Crippen LogP contribution >= 0.6 is 28.1 Å². The summed E-state index contributed by atoms with van der Waals surface area (Å²) in [5, 5.41) is 0. The average Bonchev–Trinajstić information content (AvgIpc) is 2.44. The van der Waals surface area contributed by atoms with E-state index >= 15 is 0 Å². The van der Waals surface area contributed by atoms with E-state index in [1.54, 1.807) is 12.1 Å². The second-order valence-electron chi connectivity index (χ2n) is 4.26. The minimum atomic E-state index is -3.71. The normalized spacial score (nSPS) is 11.1. The van der Waals surface area contributed by atoms with Crippen LogP contribution in [0, 0.1) is 6.92 Å².